The third-order valence-corrected chi connectivity index (χ3v) is 5.57. The fourth-order valence-corrected chi connectivity index (χ4v) is 4.06. The van der Waals surface area contributed by atoms with Crippen molar-refractivity contribution in [2.24, 2.45) is 16.8 Å². The highest BCUT2D eigenvalue weighted by Gasteiger charge is 2.36. The quantitative estimate of drug-likeness (QED) is 0.508. The molecule has 0 amide bonds. The SMILES string of the molecule is CN=C(NCc1ccc2c(c1)CCCN2C)N1CC(C)C(C(=O)OC)C1. The summed E-state index contributed by atoms with van der Waals surface area (Å²) in [6.45, 7) is 5.43. The minimum atomic E-state index is -0.130. The maximum absolute atomic E-state index is 11.9. The lowest BCUT2D eigenvalue weighted by Crippen LogP contribution is -2.40. The molecule has 6 nitrogen and oxygen atoms in total. The molecular formula is C20H30N4O2. The second kappa shape index (κ2) is 7.98. The van der Waals surface area contributed by atoms with Gasteiger partial charge in [0.25, 0.3) is 0 Å². The van der Waals surface area contributed by atoms with Crippen LogP contribution in [-0.2, 0) is 22.5 Å². The molecular weight excluding hydrogens is 328 g/mol. The van der Waals surface area contributed by atoms with Crippen LogP contribution in [0.3, 0.4) is 0 Å². The summed E-state index contributed by atoms with van der Waals surface area (Å²) >= 11 is 0. The van der Waals surface area contributed by atoms with Gasteiger partial charge in [0.2, 0.25) is 0 Å². The Morgan fingerprint density at radius 1 is 1.38 bits per heavy atom. The zero-order chi connectivity index (χ0) is 18.7. The van der Waals surface area contributed by atoms with Gasteiger partial charge in [-0.1, -0.05) is 19.1 Å². The Bertz CT molecular complexity index is 688. The van der Waals surface area contributed by atoms with E-state index in [9.17, 15) is 4.79 Å². The van der Waals surface area contributed by atoms with Crippen molar-refractivity contribution in [3.63, 3.8) is 0 Å². The molecule has 1 saturated heterocycles. The summed E-state index contributed by atoms with van der Waals surface area (Å²) in [7, 11) is 5.41. The van der Waals surface area contributed by atoms with Gasteiger partial charge in [-0.15, -0.1) is 0 Å². The van der Waals surface area contributed by atoms with Crippen LogP contribution in [-0.4, -0.2) is 57.7 Å². The number of carbonyl (C=O) groups is 1. The van der Waals surface area contributed by atoms with Crippen LogP contribution in [0.4, 0.5) is 5.69 Å². The Kier molecular flexibility index (Phi) is 5.69. The number of aryl methyl sites for hydroxylation is 1. The van der Waals surface area contributed by atoms with E-state index in [1.807, 2.05) is 0 Å². The predicted molar refractivity (Wildman–Crippen MR) is 104 cm³/mol. The first-order valence-electron chi connectivity index (χ1n) is 9.39. The van der Waals surface area contributed by atoms with E-state index in [1.54, 1.807) is 7.05 Å². The maximum Gasteiger partial charge on any atom is 0.310 e. The van der Waals surface area contributed by atoms with Gasteiger partial charge < -0.3 is 19.9 Å². The molecule has 2 heterocycles. The molecule has 2 aliphatic rings. The molecule has 2 atom stereocenters. The van der Waals surface area contributed by atoms with Crippen molar-refractivity contribution in [3.8, 4) is 0 Å². The Morgan fingerprint density at radius 2 is 2.19 bits per heavy atom. The molecule has 1 N–H and O–H groups in total. The van der Waals surface area contributed by atoms with E-state index in [0.717, 1.165) is 32.0 Å². The first kappa shape index (κ1) is 18.5. The van der Waals surface area contributed by atoms with Gasteiger partial charge >= 0.3 is 5.97 Å². The van der Waals surface area contributed by atoms with E-state index in [4.69, 9.17) is 4.74 Å². The number of hydrogen-bond acceptors (Lipinski definition) is 4. The van der Waals surface area contributed by atoms with Crippen molar-refractivity contribution in [2.45, 2.75) is 26.3 Å². The summed E-state index contributed by atoms with van der Waals surface area (Å²) in [5, 5.41) is 3.45. The summed E-state index contributed by atoms with van der Waals surface area (Å²) in [4.78, 5) is 20.8. The number of nitrogens with one attached hydrogen (secondary N) is 1. The molecule has 1 aromatic carbocycles. The fourth-order valence-electron chi connectivity index (χ4n) is 4.06. The lowest BCUT2D eigenvalue weighted by molar-refractivity contribution is -0.145. The molecule has 1 aromatic rings. The van der Waals surface area contributed by atoms with E-state index < -0.39 is 0 Å². The van der Waals surface area contributed by atoms with Crippen molar-refractivity contribution in [1.29, 1.82) is 0 Å². The summed E-state index contributed by atoms with van der Waals surface area (Å²) in [5.41, 5.74) is 4.03. The smallest absolute Gasteiger partial charge is 0.310 e. The van der Waals surface area contributed by atoms with Gasteiger partial charge in [-0.25, -0.2) is 0 Å². The highest BCUT2D eigenvalue weighted by atomic mass is 16.5. The van der Waals surface area contributed by atoms with Gasteiger partial charge in [-0.3, -0.25) is 9.79 Å². The van der Waals surface area contributed by atoms with Crippen LogP contribution in [0, 0.1) is 11.8 Å². The van der Waals surface area contributed by atoms with Crippen molar-refractivity contribution in [3.05, 3.63) is 29.3 Å². The van der Waals surface area contributed by atoms with E-state index in [0.29, 0.717) is 6.54 Å². The number of guanidine groups is 1. The number of nitrogens with zero attached hydrogens (tertiary/aromatic N) is 3. The standard InChI is InChI=1S/C20H30N4O2/c1-14-12-24(13-17(14)19(25)26-4)20(21-2)22-11-15-7-8-18-16(10-15)6-5-9-23(18)3/h7-8,10,14,17H,5-6,9,11-13H2,1-4H3,(H,21,22). The van der Waals surface area contributed by atoms with Crippen molar-refractivity contribution < 1.29 is 9.53 Å². The lowest BCUT2D eigenvalue weighted by atomic mass is 9.99. The number of aliphatic imine (C=N–C) groups is 1. The van der Waals surface area contributed by atoms with Crippen LogP contribution < -0.4 is 10.2 Å². The Labute approximate surface area is 156 Å². The third kappa shape index (κ3) is 3.79. The molecule has 0 radical (unpaired) electrons. The Balaban J connectivity index is 1.62. The van der Waals surface area contributed by atoms with Gasteiger partial charge in [0.1, 0.15) is 0 Å². The molecule has 3 rings (SSSR count). The lowest BCUT2D eigenvalue weighted by Gasteiger charge is -2.28. The number of fused-ring (bicyclic) bond motifs is 1. The average molecular weight is 358 g/mol. The normalized spacial score (nSPS) is 23.0. The van der Waals surface area contributed by atoms with Gasteiger partial charge in [-0.05, 0) is 36.0 Å². The van der Waals surface area contributed by atoms with Gasteiger partial charge in [0.15, 0.2) is 5.96 Å². The zero-order valence-electron chi connectivity index (χ0n) is 16.3. The number of ether oxygens (including phenoxy) is 1. The number of anilines is 1. The second-order valence-electron chi connectivity index (χ2n) is 7.40. The zero-order valence-corrected chi connectivity index (χ0v) is 16.3. The van der Waals surface area contributed by atoms with Gasteiger partial charge in [0.05, 0.1) is 13.0 Å². The summed E-state index contributed by atoms with van der Waals surface area (Å²) in [6.07, 6.45) is 2.36. The molecule has 6 heteroatoms. The van der Waals surface area contributed by atoms with Crippen LogP contribution in [0.15, 0.2) is 23.2 Å². The van der Waals surface area contributed by atoms with E-state index in [-0.39, 0.29) is 17.8 Å². The number of hydrogen-bond donors (Lipinski definition) is 1. The van der Waals surface area contributed by atoms with E-state index in [2.05, 4.69) is 52.3 Å². The van der Waals surface area contributed by atoms with E-state index >= 15 is 0 Å². The minimum Gasteiger partial charge on any atom is -0.469 e. The highest BCUT2D eigenvalue weighted by molar-refractivity contribution is 5.82. The summed E-state index contributed by atoms with van der Waals surface area (Å²) in [5.74, 6) is 0.894. The van der Waals surface area contributed by atoms with Crippen molar-refractivity contribution >= 4 is 17.6 Å². The molecule has 0 spiro atoms. The molecule has 2 unspecified atom stereocenters. The number of rotatable bonds is 3. The molecule has 1 fully saturated rings. The fraction of sp³-hybridized carbons (Fsp3) is 0.600. The van der Waals surface area contributed by atoms with Crippen LogP contribution >= 0.6 is 0 Å². The topological polar surface area (TPSA) is 57.2 Å². The molecule has 0 aliphatic carbocycles. The van der Waals surface area contributed by atoms with Crippen LogP contribution in [0.2, 0.25) is 0 Å². The minimum absolute atomic E-state index is 0.0853. The maximum atomic E-state index is 11.9. The first-order chi connectivity index (χ1) is 12.5. The number of benzene rings is 1. The van der Waals surface area contributed by atoms with E-state index in [1.165, 1.54) is 30.3 Å². The van der Waals surface area contributed by atoms with Crippen LogP contribution in [0.1, 0.15) is 24.5 Å². The number of carbonyl (C=O) groups excluding carboxylic acids is 1. The van der Waals surface area contributed by atoms with Crippen molar-refractivity contribution in [2.75, 3.05) is 45.7 Å². The third-order valence-electron chi connectivity index (χ3n) is 5.57. The Hall–Kier alpha value is -2.24. The summed E-state index contributed by atoms with van der Waals surface area (Å²) in [6, 6.07) is 6.71. The first-order valence-corrected chi connectivity index (χ1v) is 9.39. The van der Waals surface area contributed by atoms with Gasteiger partial charge in [-0.2, -0.15) is 0 Å². The predicted octanol–water partition coefficient (Wildman–Crippen LogP) is 1.89. The largest absolute Gasteiger partial charge is 0.469 e. The van der Waals surface area contributed by atoms with Crippen LogP contribution in [0.25, 0.3) is 0 Å². The molecule has 2 aliphatic heterocycles. The molecule has 142 valence electrons. The molecule has 0 bridgehead atoms. The average Bonchev–Trinajstić information content (AvgIpc) is 3.03. The van der Waals surface area contributed by atoms with Crippen LogP contribution in [0.5, 0.6) is 0 Å². The second-order valence-corrected chi connectivity index (χ2v) is 7.40. The Morgan fingerprint density at radius 3 is 2.92 bits per heavy atom. The monoisotopic (exact) mass is 358 g/mol. The summed E-state index contributed by atoms with van der Waals surface area (Å²) < 4.78 is 4.93. The molecule has 26 heavy (non-hydrogen) atoms. The number of likely N-dealkylation sites (tertiary alicyclic amines) is 1. The molecule has 0 saturated carbocycles. The highest BCUT2D eigenvalue weighted by Crippen LogP contribution is 2.27. The van der Waals surface area contributed by atoms with Crippen molar-refractivity contribution in [1.82, 2.24) is 10.2 Å². The van der Waals surface area contributed by atoms with Gasteiger partial charge in [0, 0.05) is 46.0 Å². The molecule has 0 aromatic heterocycles. The number of methoxy groups -OCH3 is 1. The number of esters is 1.